The third kappa shape index (κ3) is 2.64. The van der Waals surface area contributed by atoms with Crippen molar-refractivity contribution in [1.29, 1.82) is 0 Å². The van der Waals surface area contributed by atoms with E-state index < -0.39 is 10.8 Å². The maximum atomic E-state index is 12.2. The Morgan fingerprint density at radius 3 is 2.79 bits per heavy atom. The molecule has 19 heavy (non-hydrogen) atoms. The number of benzene rings is 1. The molecule has 1 aromatic carbocycles. The first-order chi connectivity index (χ1) is 9.22. The smallest absolute Gasteiger partial charge is 0.180 e. The van der Waals surface area contributed by atoms with Gasteiger partial charge in [0, 0.05) is 10.8 Å². The van der Waals surface area contributed by atoms with E-state index in [1.54, 1.807) is 6.07 Å². The summed E-state index contributed by atoms with van der Waals surface area (Å²) in [5, 5.41) is 3.94. The van der Waals surface area contributed by atoms with Crippen LogP contribution in [0.3, 0.4) is 0 Å². The van der Waals surface area contributed by atoms with Crippen LogP contribution in [-0.4, -0.2) is 14.2 Å². The number of nitrogens with two attached hydrogens (primary N) is 1. The fourth-order valence-corrected chi connectivity index (χ4v) is 3.42. The number of para-hydroxylation sites is 1. The van der Waals surface area contributed by atoms with Crippen molar-refractivity contribution in [3.8, 4) is 0 Å². The maximum absolute atomic E-state index is 12.2. The molecule has 4 nitrogen and oxygen atoms in total. The van der Waals surface area contributed by atoms with Gasteiger partial charge >= 0.3 is 0 Å². The van der Waals surface area contributed by atoms with E-state index in [-0.39, 0.29) is 0 Å². The van der Waals surface area contributed by atoms with Gasteiger partial charge in [0.05, 0.1) is 27.8 Å². The molecule has 0 spiro atoms. The predicted octanol–water partition coefficient (Wildman–Crippen LogP) is 2.58. The van der Waals surface area contributed by atoms with Crippen LogP contribution in [0.1, 0.15) is 5.69 Å². The summed E-state index contributed by atoms with van der Waals surface area (Å²) in [5.74, 6) is 0.346. The molecule has 6 heteroatoms. The van der Waals surface area contributed by atoms with E-state index in [0.29, 0.717) is 15.9 Å². The lowest BCUT2D eigenvalue weighted by Crippen LogP contribution is -2.00. The van der Waals surface area contributed by atoms with Crippen LogP contribution in [0, 0.1) is 0 Å². The molecule has 0 amide bonds. The molecular formula is C13H11N3OS2. The Bertz CT molecular complexity index is 754. The van der Waals surface area contributed by atoms with Gasteiger partial charge in [0.25, 0.3) is 0 Å². The summed E-state index contributed by atoms with van der Waals surface area (Å²) >= 11 is 1.36. The number of hydrogen-bond donors (Lipinski definition) is 1. The first-order valence-electron chi connectivity index (χ1n) is 5.66. The number of hydrogen-bond acceptors (Lipinski definition) is 5. The van der Waals surface area contributed by atoms with E-state index in [4.69, 9.17) is 5.73 Å². The first kappa shape index (κ1) is 12.3. The van der Waals surface area contributed by atoms with Crippen LogP contribution in [0.2, 0.25) is 0 Å². The van der Waals surface area contributed by atoms with Crippen LogP contribution in [-0.2, 0) is 16.6 Å². The fourth-order valence-electron chi connectivity index (χ4n) is 1.77. The van der Waals surface area contributed by atoms with E-state index in [1.165, 1.54) is 11.3 Å². The summed E-state index contributed by atoms with van der Waals surface area (Å²) in [4.78, 5) is 8.54. The van der Waals surface area contributed by atoms with Crippen LogP contribution in [0.25, 0.3) is 10.9 Å². The molecule has 1 unspecified atom stereocenters. The van der Waals surface area contributed by atoms with E-state index in [9.17, 15) is 4.21 Å². The van der Waals surface area contributed by atoms with Gasteiger partial charge in [0.2, 0.25) is 0 Å². The minimum atomic E-state index is -1.20. The number of rotatable bonds is 3. The molecule has 3 aromatic rings. The highest BCUT2D eigenvalue weighted by Crippen LogP contribution is 2.18. The molecule has 2 aromatic heterocycles. The van der Waals surface area contributed by atoms with E-state index in [2.05, 4.69) is 9.97 Å². The zero-order valence-corrected chi connectivity index (χ0v) is 11.6. The van der Waals surface area contributed by atoms with Gasteiger partial charge in [0.15, 0.2) is 5.13 Å². The number of anilines is 1. The van der Waals surface area contributed by atoms with Crippen molar-refractivity contribution in [3.63, 3.8) is 0 Å². The molecule has 1 atom stereocenters. The average Bonchev–Trinajstić information content (AvgIpc) is 2.83. The normalized spacial score (nSPS) is 12.6. The second kappa shape index (κ2) is 5.07. The van der Waals surface area contributed by atoms with Crippen LogP contribution in [0.4, 0.5) is 5.13 Å². The van der Waals surface area contributed by atoms with Gasteiger partial charge in [-0.3, -0.25) is 4.21 Å². The number of thiazole rings is 1. The molecule has 0 radical (unpaired) electrons. The van der Waals surface area contributed by atoms with Crippen molar-refractivity contribution >= 4 is 38.2 Å². The molecule has 96 valence electrons. The van der Waals surface area contributed by atoms with Gasteiger partial charge in [-0.2, -0.15) is 0 Å². The minimum Gasteiger partial charge on any atom is -0.375 e. The fraction of sp³-hybridized carbons (Fsp3) is 0.0769. The lowest BCUT2D eigenvalue weighted by atomic mass is 10.2. The lowest BCUT2D eigenvalue weighted by Gasteiger charge is -2.02. The zero-order valence-electron chi connectivity index (χ0n) is 9.95. The Labute approximate surface area is 116 Å². The van der Waals surface area contributed by atoms with Crippen molar-refractivity contribution in [2.45, 2.75) is 10.8 Å². The molecule has 0 aliphatic heterocycles. The first-order valence-corrected chi connectivity index (χ1v) is 7.86. The standard InChI is InChI=1S/C13H11N3OS2/c14-13-15-10(7-18-13)8-19(17)12-6-5-9-3-1-2-4-11(9)16-12/h1-7H,8H2,(H2,14,15). The summed E-state index contributed by atoms with van der Waals surface area (Å²) in [6.45, 7) is 0. The summed E-state index contributed by atoms with van der Waals surface area (Å²) in [6.07, 6.45) is 0. The lowest BCUT2D eigenvalue weighted by molar-refractivity contribution is 0.680. The maximum Gasteiger partial charge on any atom is 0.180 e. The average molecular weight is 289 g/mol. The third-order valence-corrected chi connectivity index (χ3v) is 4.63. The molecule has 0 bridgehead atoms. The number of pyridine rings is 1. The highest BCUT2D eigenvalue weighted by Gasteiger charge is 2.09. The van der Waals surface area contributed by atoms with Crippen molar-refractivity contribution < 1.29 is 4.21 Å². The monoisotopic (exact) mass is 289 g/mol. The zero-order chi connectivity index (χ0) is 13.2. The van der Waals surface area contributed by atoms with Crippen molar-refractivity contribution in [1.82, 2.24) is 9.97 Å². The second-order valence-electron chi connectivity index (χ2n) is 4.01. The summed E-state index contributed by atoms with van der Waals surface area (Å²) in [5.41, 5.74) is 7.16. The number of nitrogen functional groups attached to an aromatic ring is 1. The summed E-state index contributed by atoms with van der Waals surface area (Å²) < 4.78 is 12.2. The van der Waals surface area contributed by atoms with Crippen LogP contribution in [0.5, 0.6) is 0 Å². The summed E-state index contributed by atoms with van der Waals surface area (Å²) in [7, 11) is -1.20. The van der Waals surface area contributed by atoms with Crippen molar-refractivity contribution in [2.24, 2.45) is 0 Å². The topological polar surface area (TPSA) is 68.9 Å². The van der Waals surface area contributed by atoms with Gasteiger partial charge < -0.3 is 5.73 Å². The molecule has 0 saturated carbocycles. The van der Waals surface area contributed by atoms with Gasteiger partial charge in [-0.15, -0.1) is 11.3 Å². The van der Waals surface area contributed by atoms with Crippen LogP contribution < -0.4 is 5.73 Å². The molecule has 0 aliphatic carbocycles. The Hall–Kier alpha value is -1.79. The molecule has 0 saturated heterocycles. The quantitative estimate of drug-likeness (QED) is 0.804. The minimum absolute atomic E-state index is 0.346. The highest BCUT2D eigenvalue weighted by molar-refractivity contribution is 7.84. The Morgan fingerprint density at radius 1 is 1.16 bits per heavy atom. The number of fused-ring (bicyclic) bond motifs is 1. The Kier molecular flexibility index (Phi) is 3.27. The molecule has 0 fully saturated rings. The van der Waals surface area contributed by atoms with Gasteiger partial charge in [-0.05, 0) is 12.1 Å². The number of nitrogens with zero attached hydrogens (tertiary/aromatic N) is 2. The highest BCUT2D eigenvalue weighted by atomic mass is 32.2. The summed E-state index contributed by atoms with van der Waals surface area (Å²) in [6, 6.07) is 11.5. The third-order valence-electron chi connectivity index (χ3n) is 2.65. The largest absolute Gasteiger partial charge is 0.375 e. The number of aromatic nitrogens is 2. The van der Waals surface area contributed by atoms with E-state index >= 15 is 0 Å². The van der Waals surface area contributed by atoms with Crippen LogP contribution >= 0.6 is 11.3 Å². The van der Waals surface area contributed by atoms with Crippen molar-refractivity contribution in [2.75, 3.05) is 5.73 Å². The van der Waals surface area contributed by atoms with E-state index in [0.717, 1.165) is 16.6 Å². The SMILES string of the molecule is Nc1nc(CS(=O)c2ccc3ccccc3n2)cs1. The second-order valence-corrected chi connectivity index (χ2v) is 6.30. The molecular weight excluding hydrogens is 278 g/mol. The van der Waals surface area contributed by atoms with Gasteiger partial charge in [-0.1, -0.05) is 24.3 Å². The van der Waals surface area contributed by atoms with Crippen LogP contribution in [0.15, 0.2) is 46.8 Å². The Morgan fingerprint density at radius 2 is 2.00 bits per heavy atom. The molecule has 0 aliphatic rings. The van der Waals surface area contributed by atoms with Gasteiger partial charge in [-0.25, -0.2) is 9.97 Å². The Balaban J connectivity index is 1.89. The predicted molar refractivity (Wildman–Crippen MR) is 78.4 cm³/mol. The van der Waals surface area contributed by atoms with Crippen molar-refractivity contribution in [3.05, 3.63) is 47.5 Å². The van der Waals surface area contributed by atoms with Gasteiger partial charge in [0.1, 0.15) is 5.03 Å². The molecule has 3 rings (SSSR count). The van der Waals surface area contributed by atoms with E-state index in [1.807, 2.05) is 35.7 Å². The molecule has 2 N–H and O–H groups in total. The molecule has 2 heterocycles.